The molecule has 3 aromatic rings. The first kappa shape index (κ1) is 14.8. The molecule has 1 fully saturated rings. The number of halogens is 2. The van der Waals surface area contributed by atoms with Crippen LogP contribution in [0.3, 0.4) is 0 Å². The predicted octanol–water partition coefficient (Wildman–Crippen LogP) is 4.50. The summed E-state index contributed by atoms with van der Waals surface area (Å²) in [7, 11) is 0. The Bertz CT molecular complexity index is 947. The minimum Gasteiger partial charge on any atom is -0.323 e. The van der Waals surface area contributed by atoms with Gasteiger partial charge >= 0.3 is 0 Å². The van der Waals surface area contributed by atoms with Gasteiger partial charge in [-0.05, 0) is 30.5 Å². The molecule has 0 spiro atoms. The number of hydrogen-bond donors (Lipinski definition) is 0. The SMILES string of the molecule is N#Cc1ccc(Cn2c(C3CCC3)nc3cc(F)c(F)cc32)cc1. The highest BCUT2D eigenvalue weighted by Gasteiger charge is 2.26. The smallest absolute Gasteiger partial charge is 0.161 e. The third-order valence-electron chi connectivity index (χ3n) is 4.71. The number of nitrogens with zero attached hydrogens (tertiary/aromatic N) is 3. The van der Waals surface area contributed by atoms with Gasteiger partial charge in [0.25, 0.3) is 0 Å². The van der Waals surface area contributed by atoms with Crippen molar-refractivity contribution in [2.24, 2.45) is 0 Å². The fourth-order valence-corrected chi connectivity index (χ4v) is 3.15. The second kappa shape index (κ2) is 5.72. The van der Waals surface area contributed by atoms with Crippen LogP contribution in [0.1, 0.15) is 42.1 Å². The standard InChI is InChI=1S/C19H15F2N3/c20-15-8-17-18(9-16(15)21)24(19(23-17)14-2-1-3-14)11-13-6-4-12(10-22)5-7-13/h4-9,14H,1-3,11H2. The Morgan fingerprint density at radius 1 is 1.12 bits per heavy atom. The van der Waals surface area contributed by atoms with Crippen LogP contribution in [0.5, 0.6) is 0 Å². The van der Waals surface area contributed by atoms with Crippen molar-refractivity contribution in [2.75, 3.05) is 0 Å². The van der Waals surface area contributed by atoms with E-state index in [9.17, 15) is 8.78 Å². The van der Waals surface area contributed by atoms with Gasteiger partial charge in [0.05, 0.1) is 22.7 Å². The van der Waals surface area contributed by atoms with Crippen LogP contribution < -0.4 is 0 Å². The first-order valence-corrected chi connectivity index (χ1v) is 8.00. The zero-order valence-electron chi connectivity index (χ0n) is 13.0. The van der Waals surface area contributed by atoms with Crippen LogP contribution in [0.15, 0.2) is 36.4 Å². The van der Waals surface area contributed by atoms with Crippen LogP contribution in [0.2, 0.25) is 0 Å². The van der Waals surface area contributed by atoms with Gasteiger partial charge in [0.1, 0.15) is 5.82 Å². The Kier molecular flexibility index (Phi) is 3.53. The summed E-state index contributed by atoms with van der Waals surface area (Å²) in [5.41, 5.74) is 2.70. The van der Waals surface area contributed by atoms with Crippen molar-refractivity contribution < 1.29 is 8.78 Å². The number of hydrogen-bond acceptors (Lipinski definition) is 2. The number of rotatable bonds is 3. The number of nitriles is 1. The summed E-state index contributed by atoms with van der Waals surface area (Å²) < 4.78 is 29.2. The van der Waals surface area contributed by atoms with Gasteiger partial charge < -0.3 is 4.57 Å². The van der Waals surface area contributed by atoms with Gasteiger partial charge in [0.15, 0.2) is 11.6 Å². The van der Waals surface area contributed by atoms with Gasteiger partial charge in [0, 0.05) is 24.6 Å². The Morgan fingerprint density at radius 2 is 1.83 bits per heavy atom. The zero-order valence-corrected chi connectivity index (χ0v) is 13.0. The molecular weight excluding hydrogens is 308 g/mol. The van der Waals surface area contributed by atoms with Gasteiger partial charge in [-0.1, -0.05) is 18.6 Å². The average molecular weight is 323 g/mol. The molecular formula is C19H15F2N3. The largest absolute Gasteiger partial charge is 0.323 e. The molecule has 0 unspecified atom stereocenters. The molecule has 3 nitrogen and oxygen atoms in total. The Labute approximate surface area is 138 Å². The van der Waals surface area contributed by atoms with Crippen molar-refractivity contribution >= 4 is 11.0 Å². The van der Waals surface area contributed by atoms with Gasteiger partial charge in [-0.3, -0.25) is 0 Å². The number of benzene rings is 2. The van der Waals surface area contributed by atoms with Crippen LogP contribution in [0, 0.1) is 23.0 Å². The van der Waals surface area contributed by atoms with Gasteiger partial charge in [-0.15, -0.1) is 0 Å². The summed E-state index contributed by atoms with van der Waals surface area (Å²) in [6, 6.07) is 11.8. The molecule has 0 radical (unpaired) electrons. The summed E-state index contributed by atoms with van der Waals surface area (Å²) in [6.45, 7) is 0.527. The second-order valence-electron chi connectivity index (χ2n) is 6.25. The molecule has 0 N–H and O–H groups in total. The summed E-state index contributed by atoms with van der Waals surface area (Å²) >= 11 is 0. The molecule has 4 rings (SSSR count). The minimum atomic E-state index is -0.870. The van der Waals surface area contributed by atoms with E-state index in [-0.39, 0.29) is 0 Å². The maximum Gasteiger partial charge on any atom is 0.161 e. The summed E-state index contributed by atoms with van der Waals surface area (Å²) in [4.78, 5) is 4.57. The van der Waals surface area contributed by atoms with Crippen molar-refractivity contribution in [3.63, 3.8) is 0 Å². The lowest BCUT2D eigenvalue weighted by atomic mass is 9.85. The van der Waals surface area contributed by atoms with E-state index >= 15 is 0 Å². The predicted molar refractivity (Wildman–Crippen MR) is 86.5 cm³/mol. The van der Waals surface area contributed by atoms with Crippen molar-refractivity contribution in [3.05, 3.63) is 65.0 Å². The molecule has 0 saturated heterocycles. The van der Waals surface area contributed by atoms with E-state index in [4.69, 9.17) is 5.26 Å². The van der Waals surface area contributed by atoms with E-state index in [0.29, 0.717) is 29.1 Å². The van der Waals surface area contributed by atoms with Crippen LogP contribution in [0.25, 0.3) is 11.0 Å². The van der Waals surface area contributed by atoms with E-state index in [0.717, 1.165) is 30.7 Å². The minimum absolute atomic E-state index is 0.349. The van der Waals surface area contributed by atoms with Crippen molar-refractivity contribution in [1.82, 2.24) is 9.55 Å². The highest BCUT2D eigenvalue weighted by molar-refractivity contribution is 5.76. The molecule has 0 amide bonds. The quantitative estimate of drug-likeness (QED) is 0.712. The van der Waals surface area contributed by atoms with E-state index < -0.39 is 11.6 Å². The molecule has 2 aromatic carbocycles. The van der Waals surface area contributed by atoms with Crippen molar-refractivity contribution in [1.29, 1.82) is 5.26 Å². The lowest BCUT2D eigenvalue weighted by Crippen LogP contribution is -2.16. The molecule has 5 heteroatoms. The van der Waals surface area contributed by atoms with Crippen molar-refractivity contribution in [3.8, 4) is 6.07 Å². The summed E-state index contributed by atoms with van der Waals surface area (Å²) in [5.74, 6) is -0.484. The summed E-state index contributed by atoms with van der Waals surface area (Å²) in [6.07, 6.45) is 3.27. The Morgan fingerprint density at radius 3 is 2.46 bits per heavy atom. The molecule has 1 saturated carbocycles. The second-order valence-corrected chi connectivity index (χ2v) is 6.25. The fraction of sp³-hybridized carbons (Fsp3) is 0.263. The number of fused-ring (bicyclic) bond motifs is 1. The highest BCUT2D eigenvalue weighted by Crippen LogP contribution is 2.37. The molecule has 0 atom stereocenters. The number of aromatic nitrogens is 2. The first-order valence-electron chi connectivity index (χ1n) is 8.00. The van der Waals surface area contributed by atoms with Crippen LogP contribution in [0.4, 0.5) is 8.78 Å². The normalized spacial score (nSPS) is 14.5. The Hall–Kier alpha value is -2.74. The maximum absolute atomic E-state index is 13.7. The lowest BCUT2D eigenvalue weighted by molar-refractivity contribution is 0.392. The highest BCUT2D eigenvalue weighted by atomic mass is 19.2. The zero-order chi connectivity index (χ0) is 16.7. The number of imidazole rings is 1. The molecule has 120 valence electrons. The summed E-state index contributed by atoms with van der Waals surface area (Å²) in [5, 5.41) is 8.90. The molecule has 1 aliphatic carbocycles. The van der Waals surface area contributed by atoms with Gasteiger partial charge in [0.2, 0.25) is 0 Å². The molecule has 1 heterocycles. The lowest BCUT2D eigenvalue weighted by Gasteiger charge is -2.25. The Balaban J connectivity index is 1.81. The van der Waals surface area contributed by atoms with Gasteiger partial charge in [-0.25, -0.2) is 13.8 Å². The first-order chi connectivity index (χ1) is 11.7. The third-order valence-corrected chi connectivity index (χ3v) is 4.71. The fourth-order valence-electron chi connectivity index (χ4n) is 3.15. The van der Waals surface area contributed by atoms with Crippen LogP contribution in [-0.4, -0.2) is 9.55 Å². The third kappa shape index (κ3) is 2.44. The van der Waals surface area contributed by atoms with Crippen LogP contribution >= 0.6 is 0 Å². The molecule has 1 aromatic heterocycles. The average Bonchev–Trinajstić information content (AvgIpc) is 2.85. The topological polar surface area (TPSA) is 41.6 Å². The van der Waals surface area contributed by atoms with E-state index in [1.807, 2.05) is 16.7 Å². The van der Waals surface area contributed by atoms with Crippen molar-refractivity contribution in [2.45, 2.75) is 31.7 Å². The monoisotopic (exact) mass is 323 g/mol. The molecule has 24 heavy (non-hydrogen) atoms. The van der Waals surface area contributed by atoms with E-state index in [1.165, 1.54) is 12.1 Å². The maximum atomic E-state index is 13.7. The van der Waals surface area contributed by atoms with Gasteiger partial charge in [-0.2, -0.15) is 5.26 Å². The molecule has 0 bridgehead atoms. The van der Waals surface area contributed by atoms with E-state index in [2.05, 4.69) is 11.1 Å². The van der Waals surface area contributed by atoms with Crippen LogP contribution in [-0.2, 0) is 6.54 Å². The van der Waals surface area contributed by atoms with E-state index in [1.54, 1.807) is 12.1 Å². The molecule has 1 aliphatic rings. The molecule has 0 aliphatic heterocycles.